The maximum Gasteiger partial charge on any atom is 0.326 e. The van der Waals surface area contributed by atoms with Crippen LogP contribution in [0.2, 0.25) is 0 Å². The summed E-state index contributed by atoms with van der Waals surface area (Å²) < 4.78 is 0. The fourth-order valence-electron chi connectivity index (χ4n) is 6.62. The van der Waals surface area contributed by atoms with Crippen molar-refractivity contribution in [2.45, 2.75) is 142 Å². The zero-order chi connectivity index (χ0) is 43.7. The third-order valence-corrected chi connectivity index (χ3v) is 10.1. The van der Waals surface area contributed by atoms with E-state index in [9.17, 15) is 43.5 Å². The number of aliphatic carboxylic acids is 1. The van der Waals surface area contributed by atoms with Gasteiger partial charge in [-0.05, 0) is 62.8 Å². The number of amides is 7. The maximum atomic E-state index is 14.2. The molecule has 0 spiro atoms. The molecule has 1 fully saturated rings. The van der Waals surface area contributed by atoms with E-state index < -0.39 is 102 Å². The second-order valence-corrected chi connectivity index (χ2v) is 15.8. The summed E-state index contributed by atoms with van der Waals surface area (Å²) in [5.41, 5.74) is 17.2. The van der Waals surface area contributed by atoms with Gasteiger partial charge in [0.2, 0.25) is 41.4 Å². The zero-order valence-corrected chi connectivity index (χ0v) is 34.5. The fourth-order valence-corrected chi connectivity index (χ4v) is 6.62. The van der Waals surface area contributed by atoms with Gasteiger partial charge in [0.25, 0.3) is 0 Å². The summed E-state index contributed by atoms with van der Waals surface area (Å²) in [5.74, 6) is -6.84. The lowest BCUT2D eigenvalue weighted by atomic mass is 9.95. The minimum Gasteiger partial charge on any atom is -0.480 e. The number of nitrogens with one attached hydrogen (secondary N) is 6. The number of carbonyl (C=O) groups excluding carboxylic acids is 7. The van der Waals surface area contributed by atoms with Crippen molar-refractivity contribution < 1.29 is 43.5 Å². The zero-order valence-electron chi connectivity index (χ0n) is 34.5. The molecule has 2 rings (SSSR count). The Morgan fingerprint density at radius 2 is 1.52 bits per heavy atom. The summed E-state index contributed by atoms with van der Waals surface area (Å²) in [7, 11) is 0. The molecule has 0 unspecified atom stereocenters. The first-order valence-electron chi connectivity index (χ1n) is 20.1. The first kappa shape index (κ1) is 49.0. The lowest BCUT2D eigenvalue weighted by Crippen LogP contribution is -2.61. The minimum absolute atomic E-state index is 0.0182. The van der Waals surface area contributed by atoms with Gasteiger partial charge in [0.05, 0.1) is 18.8 Å². The van der Waals surface area contributed by atoms with Crippen LogP contribution in [0.25, 0.3) is 0 Å². The number of nitrogens with two attached hydrogens (primary N) is 3. The third kappa shape index (κ3) is 15.3. The normalized spacial score (nSPS) is 17.6. The van der Waals surface area contributed by atoms with Crippen LogP contribution in [0.5, 0.6) is 0 Å². The number of nitrogens with zero attached hydrogens (tertiary/aromatic N) is 2. The third-order valence-electron chi connectivity index (χ3n) is 10.1. The van der Waals surface area contributed by atoms with Crippen LogP contribution in [0.3, 0.4) is 0 Å². The van der Waals surface area contributed by atoms with E-state index in [-0.39, 0.29) is 44.1 Å². The number of likely N-dealkylation sites (tertiary alicyclic amines) is 1. The summed E-state index contributed by atoms with van der Waals surface area (Å²) in [6.45, 7) is 11.2. The summed E-state index contributed by atoms with van der Waals surface area (Å²) in [5, 5.41) is 23.0. The smallest absolute Gasteiger partial charge is 0.326 e. The molecule has 7 amide bonds. The first-order valence-corrected chi connectivity index (χ1v) is 20.1. The molecule has 0 aromatic carbocycles. The number of hydrogen-bond donors (Lipinski definition) is 10. The Kier molecular flexibility index (Phi) is 20.3. The van der Waals surface area contributed by atoms with Crippen molar-refractivity contribution in [3.8, 4) is 0 Å². The molecule has 1 aliphatic rings. The number of carboxylic acid groups (broad SMARTS) is 1. The molecule has 20 heteroatoms. The van der Waals surface area contributed by atoms with Crippen LogP contribution < -0.4 is 43.8 Å². The van der Waals surface area contributed by atoms with E-state index in [4.69, 9.17) is 17.2 Å². The molecule has 13 N–H and O–H groups in total. The molecule has 8 atom stereocenters. The van der Waals surface area contributed by atoms with Crippen molar-refractivity contribution in [2.75, 3.05) is 13.1 Å². The summed E-state index contributed by atoms with van der Waals surface area (Å²) in [4.78, 5) is 113. The molecular formula is C38H65N11O9. The quantitative estimate of drug-likeness (QED) is 0.0506. The van der Waals surface area contributed by atoms with E-state index in [0.717, 1.165) is 0 Å². The van der Waals surface area contributed by atoms with Crippen molar-refractivity contribution in [3.05, 3.63) is 18.2 Å². The maximum absolute atomic E-state index is 14.2. The van der Waals surface area contributed by atoms with E-state index in [1.54, 1.807) is 20.8 Å². The number of aromatic nitrogens is 2. The number of aromatic amines is 1. The molecule has 1 aromatic heterocycles. The van der Waals surface area contributed by atoms with Gasteiger partial charge in [-0.3, -0.25) is 33.6 Å². The van der Waals surface area contributed by atoms with Crippen LogP contribution in [0.4, 0.5) is 0 Å². The van der Waals surface area contributed by atoms with Gasteiger partial charge < -0.3 is 58.8 Å². The van der Waals surface area contributed by atoms with E-state index in [1.807, 2.05) is 20.8 Å². The molecule has 1 aliphatic heterocycles. The second kappa shape index (κ2) is 24.0. The van der Waals surface area contributed by atoms with Crippen LogP contribution in [0.1, 0.15) is 98.6 Å². The van der Waals surface area contributed by atoms with Crippen LogP contribution in [0, 0.1) is 17.8 Å². The number of imidazole rings is 1. The Labute approximate surface area is 339 Å². The van der Waals surface area contributed by atoms with Crippen LogP contribution in [-0.2, 0) is 44.8 Å². The average molecular weight is 820 g/mol. The highest BCUT2D eigenvalue weighted by Gasteiger charge is 2.41. The van der Waals surface area contributed by atoms with Crippen molar-refractivity contribution in [1.82, 2.24) is 41.5 Å². The Morgan fingerprint density at radius 3 is 2.07 bits per heavy atom. The number of hydrogen-bond acceptors (Lipinski definition) is 11. The standard InChI is InChI=1S/C38H65N11O9/c1-7-22(6)31(36(55)46-27(38(57)58)15-20(2)3)48-35(54)30(21(4)5)47-34(53)28-12-10-14-49(28)37(56)25(11-8-9-13-39)44-33(52)26(16-23-18-42-19-43-23)45-32(51)24(40)17-29(41)50/h18-22,24-28,30-31H,7-17,39-40H2,1-6H3,(H2,41,50)(H,42,43)(H,44,52)(H,45,51)(H,46,55)(H,47,53)(H,48,54)(H,57,58)/t22-,24-,25-,26-,27-,28-,30-,31-/m0/s1. The molecule has 20 nitrogen and oxygen atoms in total. The summed E-state index contributed by atoms with van der Waals surface area (Å²) in [6.07, 6.45) is 4.89. The summed E-state index contributed by atoms with van der Waals surface area (Å²) in [6, 6.07) is -8.06. The van der Waals surface area contributed by atoms with Crippen molar-refractivity contribution in [3.63, 3.8) is 0 Å². The number of rotatable bonds is 25. The first-order chi connectivity index (χ1) is 27.3. The van der Waals surface area contributed by atoms with E-state index in [1.165, 1.54) is 17.4 Å². The molecule has 326 valence electrons. The molecule has 0 saturated carbocycles. The SMILES string of the molecule is CC[C@H](C)[C@H](NC(=O)[C@@H](NC(=O)[C@@H]1CCCN1C(=O)[C@H](CCCCN)NC(=O)[C@H](Cc1cnc[nH]1)NC(=O)[C@@H](N)CC(N)=O)C(C)C)C(=O)N[C@@H](CC(C)C)C(=O)O. The van der Waals surface area contributed by atoms with E-state index >= 15 is 0 Å². The fraction of sp³-hybridized carbons (Fsp3) is 0.711. The molecular weight excluding hydrogens is 754 g/mol. The molecule has 58 heavy (non-hydrogen) atoms. The average Bonchev–Trinajstić information content (AvgIpc) is 3.86. The van der Waals surface area contributed by atoms with Gasteiger partial charge in [-0.2, -0.15) is 0 Å². The van der Waals surface area contributed by atoms with Crippen LogP contribution >= 0.6 is 0 Å². The van der Waals surface area contributed by atoms with Crippen molar-refractivity contribution in [2.24, 2.45) is 35.0 Å². The van der Waals surface area contributed by atoms with E-state index in [0.29, 0.717) is 37.9 Å². The topological polar surface area (TPSA) is 327 Å². The Bertz CT molecular complexity index is 1560. The Balaban J connectivity index is 2.30. The van der Waals surface area contributed by atoms with Gasteiger partial charge in [0.1, 0.15) is 36.3 Å². The monoisotopic (exact) mass is 819 g/mol. The predicted molar refractivity (Wildman–Crippen MR) is 213 cm³/mol. The van der Waals surface area contributed by atoms with Crippen LogP contribution in [-0.4, -0.2) is 123 Å². The summed E-state index contributed by atoms with van der Waals surface area (Å²) >= 11 is 0. The predicted octanol–water partition coefficient (Wildman–Crippen LogP) is -1.47. The second-order valence-electron chi connectivity index (χ2n) is 15.8. The number of unbranched alkanes of at least 4 members (excludes halogenated alkanes) is 1. The molecule has 1 aromatic rings. The highest BCUT2D eigenvalue weighted by Crippen LogP contribution is 2.21. The molecule has 1 saturated heterocycles. The highest BCUT2D eigenvalue weighted by molar-refractivity contribution is 5.97. The highest BCUT2D eigenvalue weighted by atomic mass is 16.4. The van der Waals surface area contributed by atoms with Crippen LogP contribution in [0.15, 0.2) is 12.5 Å². The number of carboxylic acids is 1. The van der Waals surface area contributed by atoms with Crippen molar-refractivity contribution in [1.29, 1.82) is 0 Å². The lowest BCUT2D eigenvalue weighted by molar-refractivity contribution is -0.143. The van der Waals surface area contributed by atoms with Gasteiger partial charge in [-0.25, -0.2) is 9.78 Å². The number of carbonyl (C=O) groups is 8. The lowest BCUT2D eigenvalue weighted by Gasteiger charge is -2.32. The van der Waals surface area contributed by atoms with Gasteiger partial charge in [-0.15, -0.1) is 0 Å². The Hall–Kier alpha value is -5.11. The molecule has 0 bridgehead atoms. The van der Waals surface area contributed by atoms with Gasteiger partial charge in [-0.1, -0.05) is 48.0 Å². The van der Waals surface area contributed by atoms with E-state index in [2.05, 4.69) is 36.6 Å². The van der Waals surface area contributed by atoms with Gasteiger partial charge >= 0.3 is 5.97 Å². The van der Waals surface area contributed by atoms with Gasteiger partial charge in [0.15, 0.2) is 0 Å². The number of primary amides is 1. The number of H-pyrrole nitrogens is 1. The molecule has 0 radical (unpaired) electrons. The largest absolute Gasteiger partial charge is 0.480 e. The van der Waals surface area contributed by atoms with Crippen molar-refractivity contribution >= 4 is 47.3 Å². The Morgan fingerprint density at radius 1 is 0.879 bits per heavy atom. The molecule has 0 aliphatic carbocycles. The van der Waals surface area contributed by atoms with Gasteiger partial charge in [0, 0.05) is 24.9 Å². The minimum atomic E-state index is -1.32. The molecule has 2 heterocycles.